The van der Waals surface area contributed by atoms with E-state index >= 15 is 0 Å². The second kappa shape index (κ2) is 10.9. The third kappa shape index (κ3) is 7.29. The molecule has 2 N–H and O–H groups in total. The first-order chi connectivity index (χ1) is 11.6. The minimum atomic E-state index is -0.235. The Morgan fingerprint density at radius 2 is 1.76 bits per heavy atom. The maximum atomic E-state index is 13.2. The molecule has 4 nitrogen and oxygen atoms in total. The molecule has 25 heavy (non-hydrogen) atoms. The van der Waals surface area contributed by atoms with Crippen LogP contribution in [0.4, 0.5) is 10.1 Å². The third-order valence-corrected chi connectivity index (χ3v) is 3.54. The number of halogens is 2. The molecule has 0 saturated heterocycles. The molecule has 0 unspecified atom stereocenters. The van der Waals surface area contributed by atoms with E-state index in [0.717, 1.165) is 23.8 Å². The molecule has 0 spiro atoms. The van der Waals surface area contributed by atoms with Crippen molar-refractivity contribution in [3.8, 4) is 0 Å². The predicted octanol–water partition coefficient (Wildman–Crippen LogP) is 3.77. The van der Waals surface area contributed by atoms with E-state index in [1.54, 1.807) is 6.07 Å². The van der Waals surface area contributed by atoms with Crippen LogP contribution in [-0.4, -0.2) is 26.6 Å². The summed E-state index contributed by atoms with van der Waals surface area (Å²) < 4.78 is 13.2. The largest absolute Gasteiger partial charge is 0.378 e. The average molecular weight is 456 g/mol. The van der Waals surface area contributed by atoms with Gasteiger partial charge in [-0.25, -0.2) is 9.38 Å². The number of aliphatic imine (C=N–C) groups is 1. The Morgan fingerprint density at radius 1 is 1.04 bits per heavy atom. The number of hydrogen-bond acceptors (Lipinski definition) is 2. The SMILES string of the molecule is CCNC(=NCc1cccc(F)c1)NCc1cccc(N(C)C)c1.I. The fourth-order valence-corrected chi connectivity index (χ4v) is 2.28. The summed E-state index contributed by atoms with van der Waals surface area (Å²) in [6.45, 7) is 3.90. The van der Waals surface area contributed by atoms with Crippen LogP contribution in [0.3, 0.4) is 0 Å². The number of rotatable bonds is 6. The van der Waals surface area contributed by atoms with Gasteiger partial charge in [-0.3, -0.25) is 0 Å². The lowest BCUT2D eigenvalue weighted by atomic mass is 10.2. The van der Waals surface area contributed by atoms with Gasteiger partial charge in [0.1, 0.15) is 5.82 Å². The molecule has 0 saturated carbocycles. The Bertz CT molecular complexity index is 689. The lowest BCUT2D eigenvalue weighted by molar-refractivity contribution is 0.625. The second-order valence-electron chi connectivity index (χ2n) is 5.74. The molecule has 0 fully saturated rings. The van der Waals surface area contributed by atoms with Gasteiger partial charge in [-0.1, -0.05) is 24.3 Å². The van der Waals surface area contributed by atoms with Gasteiger partial charge in [-0.15, -0.1) is 24.0 Å². The Balaban J connectivity index is 0.00000312. The van der Waals surface area contributed by atoms with Crippen LogP contribution in [0, 0.1) is 5.82 Å². The number of hydrogen-bond donors (Lipinski definition) is 2. The van der Waals surface area contributed by atoms with Crippen molar-refractivity contribution < 1.29 is 4.39 Å². The maximum absolute atomic E-state index is 13.2. The highest BCUT2D eigenvalue weighted by atomic mass is 127. The van der Waals surface area contributed by atoms with Gasteiger partial charge >= 0.3 is 0 Å². The van der Waals surface area contributed by atoms with E-state index < -0.39 is 0 Å². The van der Waals surface area contributed by atoms with E-state index in [0.29, 0.717) is 13.1 Å². The molecule has 0 aliphatic carbocycles. The van der Waals surface area contributed by atoms with Gasteiger partial charge < -0.3 is 15.5 Å². The Morgan fingerprint density at radius 3 is 2.44 bits per heavy atom. The van der Waals surface area contributed by atoms with Crippen molar-refractivity contribution in [2.24, 2.45) is 4.99 Å². The van der Waals surface area contributed by atoms with Crippen molar-refractivity contribution in [1.82, 2.24) is 10.6 Å². The number of anilines is 1. The van der Waals surface area contributed by atoms with Crippen LogP contribution in [0.2, 0.25) is 0 Å². The first-order valence-corrected chi connectivity index (χ1v) is 8.11. The summed E-state index contributed by atoms with van der Waals surface area (Å²) in [5.41, 5.74) is 3.19. The zero-order valence-corrected chi connectivity index (χ0v) is 17.3. The molecular formula is C19H26FIN4. The van der Waals surface area contributed by atoms with E-state index in [2.05, 4.69) is 38.7 Å². The van der Waals surface area contributed by atoms with Crippen LogP contribution in [0.15, 0.2) is 53.5 Å². The van der Waals surface area contributed by atoms with Crippen molar-refractivity contribution in [2.45, 2.75) is 20.0 Å². The molecular weight excluding hydrogens is 430 g/mol. The standard InChI is InChI=1S/C19H25FN4.HI/c1-4-21-19(22-13-15-7-5-9-17(20)11-15)23-14-16-8-6-10-18(12-16)24(2)3;/h5-12H,4,13-14H2,1-3H3,(H2,21,22,23);1H. The topological polar surface area (TPSA) is 39.7 Å². The van der Waals surface area contributed by atoms with Gasteiger partial charge in [-0.2, -0.15) is 0 Å². The normalized spacial score (nSPS) is 10.8. The van der Waals surface area contributed by atoms with Crippen LogP contribution in [0.1, 0.15) is 18.1 Å². The summed E-state index contributed by atoms with van der Waals surface area (Å²) in [4.78, 5) is 6.59. The zero-order valence-electron chi connectivity index (χ0n) is 14.9. The highest BCUT2D eigenvalue weighted by Gasteiger charge is 2.01. The highest BCUT2D eigenvalue weighted by Crippen LogP contribution is 2.13. The van der Waals surface area contributed by atoms with Crippen molar-refractivity contribution in [3.63, 3.8) is 0 Å². The molecule has 0 aromatic heterocycles. The molecule has 0 amide bonds. The summed E-state index contributed by atoms with van der Waals surface area (Å²) in [5.74, 6) is 0.484. The van der Waals surface area contributed by atoms with Gasteiger partial charge in [0.15, 0.2) is 5.96 Å². The van der Waals surface area contributed by atoms with E-state index in [1.165, 1.54) is 17.7 Å². The monoisotopic (exact) mass is 456 g/mol. The smallest absolute Gasteiger partial charge is 0.191 e. The quantitative estimate of drug-likeness (QED) is 0.395. The fraction of sp³-hybridized carbons (Fsp3) is 0.316. The lowest BCUT2D eigenvalue weighted by Gasteiger charge is -2.15. The van der Waals surface area contributed by atoms with E-state index in [4.69, 9.17) is 0 Å². The third-order valence-electron chi connectivity index (χ3n) is 3.54. The molecule has 0 aliphatic heterocycles. The van der Waals surface area contributed by atoms with Crippen molar-refractivity contribution in [3.05, 3.63) is 65.5 Å². The number of guanidine groups is 1. The molecule has 0 heterocycles. The number of benzene rings is 2. The first kappa shape index (κ1) is 21.2. The van der Waals surface area contributed by atoms with Gasteiger partial charge in [-0.05, 0) is 42.3 Å². The molecule has 0 aliphatic rings. The molecule has 0 radical (unpaired) electrons. The van der Waals surface area contributed by atoms with Crippen molar-refractivity contribution in [1.29, 1.82) is 0 Å². The van der Waals surface area contributed by atoms with Gasteiger partial charge in [0.2, 0.25) is 0 Å². The molecule has 0 bridgehead atoms. The summed E-state index contributed by atoms with van der Waals surface area (Å²) in [7, 11) is 4.05. The average Bonchev–Trinajstić information content (AvgIpc) is 2.57. The summed E-state index contributed by atoms with van der Waals surface area (Å²) in [6.07, 6.45) is 0. The lowest BCUT2D eigenvalue weighted by Crippen LogP contribution is -2.36. The van der Waals surface area contributed by atoms with Crippen LogP contribution in [-0.2, 0) is 13.1 Å². The summed E-state index contributed by atoms with van der Waals surface area (Å²) in [5, 5.41) is 6.52. The Kier molecular flexibility index (Phi) is 9.26. The van der Waals surface area contributed by atoms with Crippen LogP contribution < -0.4 is 15.5 Å². The minimum Gasteiger partial charge on any atom is -0.378 e. The van der Waals surface area contributed by atoms with E-state index in [1.807, 2.05) is 33.2 Å². The maximum Gasteiger partial charge on any atom is 0.191 e. The van der Waals surface area contributed by atoms with Gasteiger partial charge in [0.25, 0.3) is 0 Å². The molecule has 6 heteroatoms. The molecule has 2 aromatic carbocycles. The van der Waals surface area contributed by atoms with E-state index in [-0.39, 0.29) is 29.8 Å². The minimum absolute atomic E-state index is 0. The van der Waals surface area contributed by atoms with Gasteiger partial charge in [0, 0.05) is 32.9 Å². The molecule has 0 atom stereocenters. The first-order valence-electron chi connectivity index (χ1n) is 8.11. The van der Waals surface area contributed by atoms with Crippen LogP contribution >= 0.6 is 24.0 Å². The van der Waals surface area contributed by atoms with Gasteiger partial charge in [0.05, 0.1) is 6.54 Å². The summed E-state index contributed by atoms with van der Waals surface area (Å²) >= 11 is 0. The predicted molar refractivity (Wildman–Crippen MR) is 114 cm³/mol. The number of nitrogens with zero attached hydrogens (tertiary/aromatic N) is 2. The molecule has 2 aromatic rings. The summed E-state index contributed by atoms with van der Waals surface area (Å²) in [6, 6.07) is 14.9. The molecule has 2 rings (SSSR count). The van der Waals surface area contributed by atoms with Crippen molar-refractivity contribution >= 4 is 35.6 Å². The van der Waals surface area contributed by atoms with Crippen LogP contribution in [0.5, 0.6) is 0 Å². The van der Waals surface area contributed by atoms with E-state index in [9.17, 15) is 4.39 Å². The fourth-order valence-electron chi connectivity index (χ4n) is 2.28. The zero-order chi connectivity index (χ0) is 17.4. The Labute approximate surface area is 166 Å². The second-order valence-corrected chi connectivity index (χ2v) is 5.74. The Hall–Kier alpha value is -1.83. The van der Waals surface area contributed by atoms with Crippen LogP contribution in [0.25, 0.3) is 0 Å². The highest BCUT2D eigenvalue weighted by molar-refractivity contribution is 14.0. The molecule has 136 valence electrons. The number of nitrogens with one attached hydrogen (secondary N) is 2. The van der Waals surface area contributed by atoms with Crippen molar-refractivity contribution in [2.75, 3.05) is 25.5 Å².